The van der Waals surface area contributed by atoms with Crippen LogP contribution in [0.5, 0.6) is 0 Å². The number of likely N-dealkylation sites (tertiary alicyclic amines) is 1. The first-order valence-corrected chi connectivity index (χ1v) is 5.71. The van der Waals surface area contributed by atoms with Gasteiger partial charge in [0, 0.05) is 6.54 Å². The lowest BCUT2D eigenvalue weighted by Crippen LogP contribution is -2.37. The van der Waals surface area contributed by atoms with Gasteiger partial charge in [-0.2, -0.15) is 4.37 Å². The first-order valence-electron chi connectivity index (χ1n) is 4.93. The molecule has 1 aromatic heterocycles. The van der Waals surface area contributed by atoms with Gasteiger partial charge >= 0.3 is 0 Å². The monoisotopic (exact) mass is 213 g/mol. The van der Waals surface area contributed by atoms with Crippen molar-refractivity contribution in [1.29, 1.82) is 0 Å². The molecule has 0 aromatic carbocycles. The molecule has 1 saturated heterocycles. The summed E-state index contributed by atoms with van der Waals surface area (Å²) < 4.78 is 4.14. The molecule has 2 rings (SSSR count). The van der Waals surface area contributed by atoms with Crippen LogP contribution in [0.25, 0.3) is 0 Å². The third kappa shape index (κ3) is 2.50. The van der Waals surface area contributed by atoms with Gasteiger partial charge in [-0.05, 0) is 37.8 Å². The van der Waals surface area contributed by atoms with E-state index in [1.165, 1.54) is 11.5 Å². The summed E-state index contributed by atoms with van der Waals surface area (Å²) in [5.74, 6) is 0.850. The fraction of sp³-hybridized carbons (Fsp3) is 0.778. The molecule has 0 unspecified atom stereocenters. The SMILES string of the molecule is Cc1nsc(CN2CCC[C@H](O)C2)n1. The van der Waals surface area contributed by atoms with Crippen LogP contribution in [-0.2, 0) is 6.54 Å². The van der Waals surface area contributed by atoms with Crippen LogP contribution >= 0.6 is 11.5 Å². The Bertz CT molecular complexity index is 302. The smallest absolute Gasteiger partial charge is 0.139 e. The first-order chi connectivity index (χ1) is 6.74. The third-order valence-corrected chi connectivity index (χ3v) is 3.20. The van der Waals surface area contributed by atoms with Crippen molar-refractivity contribution in [3.63, 3.8) is 0 Å². The molecule has 0 aliphatic carbocycles. The fourth-order valence-electron chi connectivity index (χ4n) is 1.77. The molecule has 14 heavy (non-hydrogen) atoms. The van der Waals surface area contributed by atoms with Gasteiger partial charge in [0.1, 0.15) is 10.8 Å². The number of rotatable bonds is 2. The molecule has 1 fully saturated rings. The highest BCUT2D eigenvalue weighted by atomic mass is 32.1. The minimum Gasteiger partial charge on any atom is -0.392 e. The standard InChI is InChI=1S/C9H15N3OS/c1-7-10-9(14-11-7)6-12-4-2-3-8(13)5-12/h8,13H,2-6H2,1H3/t8-/m0/s1. The van der Waals surface area contributed by atoms with Crippen LogP contribution in [0.15, 0.2) is 0 Å². The Balaban J connectivity index is 1.90. The Morgan fingerprint density at radius 3 is 3.14 bits per heavy atom. The lowest BCUT2D eigenvalue weighted by atomic mass is 10.1. The van der Waals surface area contributed by atoms with Gasteiger partial charge in [-0.1, -0.05) is 0 Å². The highest BCUT2D eigenvalue weighted by molar-refractivity contribution is 7.05. The molecule has 0 amide bonds. The number of hydrogen-bond acceptors (Lipinski definition) is 5. The Labute approximate surface area is 87.8 Å². The van der Waals surface area contributed by atoms with Crippen molar-refractivity contribution in [2.45, 2.75) is 32.4 Å². The van der Waals surface area contributed by atoms with E-state index >= 15 is 0 Å². The predicted molar refractivity (Wildman–Crippen MR) is 55.2 cm³/mol. The molecule has 4 nitrogen and oxygen atoms in total. The highest BCUT2D eigenvalue weighted by Crippen LogP contribution is 2.14. The molecule has 0 spiro atoms. The van der Waals surface area contributed by atoms with Crippen LogP contribution in [0.1, 0.15) is 23.7 Å². The number of aryl methyl sites for hydroxylation is 1. The maximum Gasteiger partial charge on any atom is 0.139 e. The zero-order chi connectivity index (χ0) is 9.97. The van der Waals surface area contributed by atoms with E-state index in [4.69, 9.17) is 0 Å². The maximum atomic E-state index is 9.49. The van der Waals surface area contributed by atoms with Gasteiger partial charge < -0.3 is 5.11 Å². The van der Waals surface area contributed by atoms with Crippen LogP contribution in [-0.4, -0.2) is 38.6 Å². The van der Waals surface area contributed by atoms with Gasteiger partial charge in [-0.25, -0.2) is 4.98 Å². The van der Waals surface area contributed by atoms with Crippen molar-refractivity contribution < 1.29 is 5.11 Å². The van der Waals surface area contributed by atoms with E-state index in [2.05, 4.69) is 14.3 Å². The molecule has 1 atom stereocenters. The average molecular weight is 213 g/mol. The van der Waals surface area contributed by atoms with E-state index in [0.717, 1.165) is 43.3 Å². The number of aliphatic hydroxyl groups is 1. The van der Waals surface area contributed by atoms with Gasteiger partial charge in [0.25, 0.3) is 0 Å². The molecule has 78 valence electrons. The minimum atomic E-state index is -0.155. The van der Waals surface area contributed by atoms with Crippen LogP contribution in [0.4, 0.5) is 0 Å². The predicted octanol–water partition coefficient (Wildman–Crippen LogP) is 0.803. The lowest BCUT2D eigenvalue weighted by molar-refractivity contribution is 0.0668. The summed E-state index contributed by atoms with van der Waals surface area (Å²) in [6.07, 6.45) is 1.86. The number of piperidine rings is 1. The van der Waals surface area contributed by atoms with Crippen LogP contribution < -0.4 is 0 Å². The molecule has 0 bridgehead atoms. The summed E-state index contributed by atoms with van der Waals surface area (Å²) in [5, 5.41) is 10.5. The van der Waals surface area contributed by atoms with E-state index in [1.807, 2.05) is 6.92 Å². The van der Waals surface area contributed by atoms with E-state index in [9.17, 15) is 5.11 Å². The highest BCUT2D eigenvalue weighted by Gasteiger charge is 2.18. The van der Waals surface area contributed by atoms with Gasteiger partial charge in [-0.3, -0.25) is 4.90 Å². The van der Waals surface area contributed by atoms with Crippen molar-refractivity contribution in [2.24, 2.45) is 0 Å². The largest absolute Gasteiger partial charge is 0.392 e. The molecule has 1 N–H and O–H groups in total. The topological polar surface area (TPSA) is 49.2 Å². The van der Waals surface area contributed by atoms with Crippen molar-refractivity contribution in [3.8, 4) is 0 Å². The molecular weight excluding hydrogens is 198 g/mol. The Morgan fingerprint density at radius 1 is 1.64 bits per heavy atom. The fourth-order valence-corrected chi connectivity index (χ4v) is 2.46. The van der Waals surface area contributed by atoms with Crippen molar-refractivity contribution >= 4 is 11.5 Å². The number of nitrogens with zero attached hydrogens (tertiary/aromatic N) is 3. The quantitative estimate of drug-likeness (QED) is 0.789. The molecular formula is C9H15N3OS. The molecule has 0 saturated carbocycles. The summed E-state index contributed by atoms with van der Waals surface area (Å²) in [4.78, 5) is 6.56. The normalized spacial score (nSPS) is 24.0. The number of aromatic nitrogens is 2. The van der Waals surface area contributed by atoms with E-state index in [-0.39, 0.29) is 6.10 Å². The van der Waals surface area contributed by atoms with E-state index in [1.54, 1.807) is 0 Å². The molecule has 0 radical (unpaired) electrons. The van der Waals surface area contributed by atoms with Gasteiger partial charge in [0.15, 0.2) is 0 Å². The second-order valence-corrected chi connectivity index (χ2v) is 4.60. The van der Waals surface area contributed by atoms with Gasteiger partial charge in [0.2, 0.25) is 0 Å². The van der Waals surface area contributed by atoms with Crippen molar-refractivity contribution in [2.75, 3.05) is 13.1 Å². The van der Waals surface area contributed by atoms with Crippen LogP contribution in [0.3, 0.4) is 0 Å². The molecule has 5 heteroatoms. The van der Waals surface area contributed by atoms with E-state index in [0.29, 0.717) is 0 Å². The number of β-amino-alcohol motifs (C(OH)–C–C–N with tert-alkyl or cyclic N) is 1. The second-order valence-electron chi connectivity index (χ2n) is 3.77. The minimum absolute atomic E-state index is 0.155. The van der Waals surface area contributed by atoms with Gasteiger partial charge in [-0.15, -0.1) is 0 Å². The zero-order valence-electron chi connectivity index (χ0n) is 8.31. The summed E-state index contributed by atoms with van der Waals surface area (Å²) in [6.45, 7) is 4.59. The van der Waals surface area contributed by atoms with Gasteiger partial charge in [0.05, 0.1) is 12.6 Å². The molecule has 1 aliphatic heterocycles. The molecule has 2 heterocycles. The molecule has 1 aromatic rings. The Morgan fingerprint density at radius 2 is 2.50 bits per heavy atom. The maximum absolute atomic E-state index is 9.49. The van der Waals surface area contributed by atoms with E-state index < -0.39 is 0 Å². The second kappa shape index (κ2) is 4.33. The summed E-state index contributed by atoms with van der Waals surface area (Å²) in [7, 11) is 0. The third-order valence-electron chi connectivity index (χ3n) is 2.41. The zero-order valence-corrected chi connectivity index (χ0v) is 9.13. The van der Waals surface area contributed by atoms with Crippen molar-refractivity contribution in [1.82, 2.24) is 14.3 Å². The van der Waals surface area contributed by atoms with Crippen LogP contribution in [0, 0.1) is 6.92 Å². The number of hydrogen-bond donors (Lipinski definition) is 1. The Kier molecular flexibility index (Phi) is 3.10. The first kappa shape index (κ1) is 10.0. The lowest BCUT2D eigenvalue weighted by Gasteiger charge is -2.28. The number of aliphatic hydroxyl groups excluding tert-OH is 1. The Hall–Kier alpha value is -0.520. The van der Waals surface area contributed by atoms with Crippen molar-refractivity contribution in [3.05, 3.63) is 10.8 Å². The molecule has 1 aliphatic rings. The summed E-state index contributed by atoms with van der Waals surface area (Å²) in [5.41, 5.74) is 0. The summed E-state index contributed by atoms with van der Waals surface area (Å²) in [6, 6.07) is 0. The average Bonchev–Trinajstić information content (AvgIpc) is 2.51. The summed E-state index contributed by atoms with van der Waals surface area (Å²) >= 11 is 1.46. The van der Waals surface area contributed by atoms with Crippen LogP contribution in [0.2, 0.25) is 0 Å².